The summed E-state index contributed by atoms with van der Waals surface area (Å²) in [6.07, 6.45) is 0.0366. The fourth-order valence-electron chi connectivity index (χ4n) is 7.37. The Labute approximate surface area is 346 Å². The number of pyridine rings is 1. The molecule has 0 amide bonds. The van der Waals surface area contributed by atoms with Crippen molar-refractivity contribution in [2.24, 2.45) is 11.3 Å². The summed E-state index contributed by atoms with van der Waals surface area (Å²) in [4.78, 5) is 16.4. The Morgan fingerprint density at radius 1 is 1.05 bits per heavy atom. The van der Waals surface area contributed by atoms with Crippen molar-refractivity contribution < 1.29 is 26.7 Å². The number of anilines is 1. The van der Waals surface area contributed by atoms with Crippen molar-refractivity contribution in [3.8, 4) is 28.4 Å². The summed E-state index contributed by atoms with van der Waals surface area (Å²) >= 11 is 1.40. The minimum atomic E-state index is -4.16. The monoisotopic (exact) mass is 991 g/mol. The van der Waals surface area contributed by atoms with Crippen LogP contribution in [-0.4, -0.2) is 105 Å². The number of aromatic nitrogens is 3. The van der Waals surface area contributed by atoms with Gasteiger partial charge in [-0.05, 0) is 87.9 Å². The Hall–Kier alpha value is -2.38. The van der Waals surface area contributed by atoms with Crippen LogP contribution in [0.1, 0.15) is 70.6 Å². The molecule has 1 radical (unpaired) electrons. The van der Waals surface area contributed by atoms with Gasteiger partial charge in [0.1, 0.15) is 22.8 Å². The van der Waals surface area contributed by atoms with Crippen LogP contribution in [0.15, 0.2) is 30.3 Å². The minimum absolute atomic E-state index is 0. The van der Waals surface area contributed by atoms with Crippen LogP contribution in [0, 0.1) is 34.1 Å². The van der Waals surface area contributed by atoms with Gasteiger partial charge in [0.05, 0.1) is 29.2 Å². The van der Waals surface area contributed by atoms with Gasteiger partial charge in [-0.25, -0.2) is 13.8 Å². The number of nitrogens with zero attached hydrogens (tertiary/aromatic N) is 4. The maximum absolute atomic E-state index is 17.0. The number of piperidine rings is 1. The zero-order chi connectivity index (χ0) is 38.5. The number of fused-ring (bicyclic) bond motifs is 1. The molecular weight excluding hydrogens is 943 g/mol. The zero-order valence-electron chi connectivity index (χ0n) is 31.8. The molecule has 2 unspecified atom stereocenters. The Morgan fingerprint density at radius 2 is 1.82 bits per heavy atom. The van der Waals surface area contributed by atoms with Crippen LogP contribution in [-0.2, 0) is 6.42 Å². The van der Waals surface area contributed by atoms with Crippen molar-refractivity contribution in [1.82, 2.24) is 25.2 Å². The van der Waals surface area contributed by atoms with Gasteiger partial charge in [-0.3, -0.25) is 0 Å². The standard InChI is InChI=1S/C38H42F5N6OPS.C2H6.Tl/c1-3-16-44-20-25-8-10-29-31-34(32(40)33(46-29)27-6-4-5-23-7-9-28(39)26(30(23)27)13-19-52-51-2)47-36(48-35(31)45-25)50-22-37(14-15-37)21-49-17-11-24(12-18-49)38(41,42)43;1-2;/h4-7,9,24-25,44,51H,3,8,10-12,14-18,20-22H2,1-2H3,(H,45,47,48);1-2H3;. The van der Waals surface area contributed by atoms with Crippen molar-refractivity contribution >= 4 is 74.0 Å². The second-order valence-corrected chi connectivity index (χ2v) is 16.8. The van der Waals surface area contributed by atoms with E-state index in [1.807, 2.05) is 26.6 Å². The molecule has 2 atom stereocenters. The molecule has 293 valence electrons. The average Bonchev–Trinajstić information content (AvgIpc) is 3.96. The van der Waals surface area contributed by atoms with E-state index in [-0.39, 0.29) is 81.0 Å². The molecule has 1 saturated heterocycles. The number of aryl methyl sites for hydroxylation is 1. The van der Waals surface area contributed by atoms with Gasteiger partial charge in [-0.2, -0.15) is 23.1 Å². The number of hydrogen-bond acceptors (Lipinski definition) is 8. The number of benzene rings is 2. The SMILES string of the molecule is CC.CCCNCC1CCc2nc(-c3cccc4ccc(F)c(C#CSPC)c34)c(F)c3nc(OCC4(CN5CCC(C(F)(F)F)CC5)CC4)nc(c23)N1.[Tl]. The van der Waals surface area contributed by atoms with Crippen LogP contribution < -0.4 is 15.4 Å². The van der Waals surface area contributed by atoms with Crippen molar-refractivity contribution in [1.29, 1.82) is 0 Å². The number of likely N-dealkylation sites (tertiary alicyclic amines) is 1. The molecular formula is C40H48F5N6OPSTl. The van der Waals surface area contributed by atoms with E-state index in [9.17, 15) is 13.2 Å². The molecule has 0 bridgehead atoms. The van der Waals surface area contributed by atoms with Crippen LogP contribution in [0.2, 0.25) is 0 Å². The molecule has 4 aromatic rings. The number of rotatable bonds is 11. The van der Waals surface area contributed by atoms with Gasteiger partial charge < -0.3 is 20.3 Å². The number of hydrogen-bond donors (Lipinski definition) is 2. The minimum Gasteiger partial charge on any atom is -0.463 e. The normalized spacial score (nSPS) is 18.2. The molecule has 3 aliphatic rings. The maximum atomic E-state index is 17.0. The summed E-state index contributed by atoms with van der Waals surface area (Å²) in [6, 6.07) is 8.45. The molecule has 1 aliphatic carbocycles. The Morgan fingerprint density at radius 3 is 2.51 bits per heavy atom. The topological polar surface area (TPSA) is 75.2 Å². The van der Waals surface area contributed by atoms with Crippen molar-refractivity contribution in [3.63, 3.8) is 0 Å². The first-order valence-electron chi connectivity index (χ1n) is 18.9. The van der Waals surface area contributed by atoms with E-state index in [0.717, 1.165) is 25.8 Å². The van der Waals surface area contributed by atoms with Crippen molar-refractivity contribution in [2.75, 3.05) is 51.3 Å². The largest absolute Gasteiger partial charge is 0.463 e. The second-order valence-electron chi connectivity index (χ2n) is 14.1. The molecule has 2 fully saturated rings. The predicted molar refractivity (Wildman–Crippen MR) is 217 cm³/mol. The van der Waals surface area contributed by atoms with Crippen molar-refractivity contribution in [2.45, 2.75) is 77.9 Å². The number of alkyl halides is 3. The van der Waals surface area contributed by atoms with Crippen LogP contribution in [0.25, 0.3) is 32.9 Å². The van der Waals surface area contributed by atoms with Gasteiger partial charge in [0.15, 0.2) is 5.82 Å². The molecule has 15 heteroatoms. The molecule has 2 aromatic carbocycles. The van der Waals surface area contributed by atoms with Gasteiger partial charge in [0.2, 0.25) is 0 Å². The summed E-state index contributed by atoms with van der Waals surface area (Å²) in [5.41, 5.74) is 1.17. The molecule has 55 heavy (non-hydrogen) atoms. The first kappa shape index (κ1) is 43.7. The quantitative estimate of drug-likeness (QED) is 0.0507. The molecule has 7 nitrogen and oxygen atoms in total. The molecule has 2 aliphatic heterocycles. The number of ether oxygens (including phenoxy) is 1. The summed E-state index contributed by atoms with van der Waals surface area (Å²) < 4.78 is 78.4. The third-order valence-corrected chi connectivity index (χ3v) is 11.7. The third-order valence-electron chi connectivity index (χ3n) is 10.4. The van der Waals surface area contributed by atoms with Crippen molar-refractivity contribution in [3.05, 3.63) is 53.2 Å². The first-order chi connectivity index (χ1) is 26.1. The van der Waals surface area contributed by atoms with Crippen LogP contribution in [0.5, 0.6) is 6.01 Å². The molecule has 1 saturated carbocycles. The van der Waals surface area contributed by atoms with E-state index < -0.39 is 23.7 Å². The summed E-state index contributed by atoms with van der Waals surface area (Å²) in [6.45, 7) is 11.3. The Bertz CT molecular complexity index is 2020. The zero-order valence-corrected chi connectivity index (χ0v) is 38.1. The summed E-state index contributed by atoms with van der Waals surface area (Å²) in [5, 5.41) is 11.6. The van der Waals surface area contributed by atoms with Gasteiger partial charge in [0.25, 0.3) is 0 Å². The van der Waals surface area contributed by atoms with Gasteiger partial charge in [-0.1, -0.05) is 70.1 Å². The molecule has 2 aromatic heterocycles. The van der Waals surface area contributed by atoms with Gasteiger partial charge >= 0.3 is 12.2 Å². The van der Waals surface area contributed by atoms with E-state index in [1.54, 1.807) is 18.2 Å². The smallest absolute Gasteiger partial charge is 0.391 e. The Kier molecular flexibility index (Phi) is 15.4. The molecule has 7 rings (SSSR count). The van der Waals surface area contributed by atoms with E-state index >= 15 is 8.78 Å². The molecule has 0 spiro atoms. The fraction of sp³-hybridized carbons (Fsp3) is 0.525. The van der Waals surface area contributed by atoms with E-state index in [0.29, 0.717) is 80.0 Å². The predicted octanol–water partition coefficient (Wildman–Crippen LogP) is 9.19. The van der Waals surface area contributed by atoms with Gasteiger partial charge in [0, 0.05) is 62.8 Å². The van der Waals surface area contributed by atoms with Gasteiger partial charge in [-0.15, -0.1) is 0 Å². The van der Waals surface area contributed by atoms with E-state index in [2.05, 4.69) is 38.6 Å². The molecule has 4 heterocycles. The number of nitrogens with one attached hydrogen (secondary N) is 2. The molecule has 2 N–H and O–H groups in total. The third kappa shape index (κ3) is 10.2. The Balaban J connectivity index is 0.00000190. The summed E-state index contributed by atoms with van der Waals surface area (Å²) in [7, 11) is 0.508. The maximum Gasteiger partial charge on any atom is 0.391 e. The van der Waals surface area contributed by atoms with Crippen LogP contribution in [0.3, 0.4) is 0 Å². The first-order valence-corrected chi connectivity index (χ1v) is 22.0. The van der Waals surface area contributed by atoms with Crippen LogP contribution in [0.4, 0.5) is 27.8 Å². The van der Waals surface area contributed by atoms with Crippen LogP contribution >= 0.6 is 19.2 Å². The number of halogens is 5. The second kappa shape index (κ2) is 19.4. The van der Waals surface area contributed by atoms with E-state index in [4.69, 9.17) is 14.7 Å². The fourth-order valence-corrected chi connectivity index (χ4v) is 8.09. The van der Waals surface area contributed by atoms with E-state index in [1.165, 1.54) is 17.4 Å². The summed E-state index contributed by atoms with van der Waals surface area (Å²) in [5.74, 6) is 1.02. The average molecular weight is 991 g/mol.